The zero-order chi connectivity index (χ0) is 13.3. The van der Waals surface area contributed by atoms with Gasteiger partial charge in [0.2, 0.25) is 0 Å². The topological polar surface area (TPSA) is 61.0 Å². The molecular weight excluding hydrogens is 250 g/mol. The standard InChI is InChI=1S/C13H14ClN3O/c1-7-6-9(18-3)11(8(2)12(7)14)13-16-5-4-10(15)17-13/h4-6H,1-3H3,(H2,15,16,17). The number of hydrogen-bond acceptors (Lipinski definition) is 4. The minimum Gasteiger partial charge on any atom is -0.496 e. The maximum Gasteiger partial charge on any atom is 0.165 e. The summed E-state index contributed by atoms with van der Waals surface area (Å²) in [4.78, 5) is 8.43. The van der Waals surface area contributed by atoms with Gasteiger partial charge in [0.25, 0.3) is 0 Å². The Bertz CT molecular complexity index is 599. The first-order valence-corrected chi connectivity index (χ1v) is 5.85. The van der Waals surface area contributed by atoms with E-state index in [1.54, 1.807) is 19.4 Å². The van der Waals surface area contributed by atoms with E-state index >= 15 is 0 Å². The fraction of sp³-hybridized carbons (Fsp3) is 0.231. The molecule has 1 aromatic heterocycles. The van der Waals surface area contributed by atoms with E-state index in [4.69, 9.17) is 22.1 Å². The second-order valence-corrected chi connectivity index (χ2v) is 4.39. The van der Waals surface area contributed by atoms with Crippen molar-refractivity contribution in [2.45, 2.75) is 13.8 Å². The lowest BCUT2D eigenvalue weighted by Gasteiger charge is -2.14. The normalized spacial score (nSPS) is 10.4. The Morgan fingerprint density at radius 1 is 1.33 bits per heavy atom. The number of nitrogens with two attached hydrogens (primary N) is 1. The van der Waals surface area contributed by atoms with Crippen molar-refractivity contribution in [1.29, 1.82) is 0 Å². The molecule has 18 heavy (non-hydrogen) atoms. The summed E-state index contributed by atoms with van der Waals surface area (Å²) in [6.45, 7) is 3.85. The van der Waals surface area contributed by atoms with Crippen LogP contribution in [-0.2, 0) is 0 Å². The van der Waals surface area contributed by atoms with Crippen LogP contribution >= 0.6 is 11.6 Å². The molecule has 2 aromatic rings. The van der Waals surface area contributed by atoms with Gasteiger partial charge in [-0.15, -0.1) is 0 Å². The molecule has 0 spiro atoms. The Hall–Kier alpha value is -1.81. The molecular formula is C13H14ClN3O. The third kappa shape index (κ3) is 2.11. The van der Waals surface area contributed by atoms with Crippen LogP contribution in [0.15, 0.2) is 18.3 Å². The molecule has 0 atom stereocenters. The van der Waals surface area contributed by atoms with E-state index in [2.05, 4.69) is 9.97 Å². The predicted molar refractivity (Wildman–Crippen MR) is 72.9 cm³/mol. The smallest absolute Gasteiger partial charge is 0.165 e. The van der Waals surface area contributed by atoms with Crippen LogP contribution in [0.2, 0.25) is 5.02 Å². The maximum atomic E-state index is 6.26. The number of aromatic nitrogens is 2. The number of methoxy groups -OCH3 is 1. The SMILES string of the molecule is COc1cc(C)c(Cl)c(C)c1-c1nccc(N)n1. The van der Waals surface area contributed by atoms with Gasteiger partial charge in [0.15, 0.2) is 5.82 Å². The molecule has 1 heterocycles. The molecule has 0 saturated heterocycles. The highest BCUT2D eigenvalue weighted by atomic mass is 35.5. The van der Waals surface area contributed by atoms with E-state index in [1.165, 1.54) is 0 Å². The zero-order valence-electron chi connectivity index (χ0n) is 10.5. The van der Waals surface area contributed by atoms with Crippen LogP contribution < -0.4 is 10.5 Å². The highest BCUT2D eigenvalue weighted by Crippen LogP contribution is 2.37. The van der Waals surface area contributed by atoms with Crippen LogP contribution in [0.25, 0.3) is 11.4 Å². The first kappa shape index (κ1) is 12.6. The van der Waals surface area contributed by atoms with Crippen molar-refractivity contribution in [1.82, 2.24) is 9.97 Å². The minimum atomic E-state index is 0.415. The number of hydrogen-bond donors (Lipinski definition) is 1. The van der Waals surface area contributed by atoms with E-state index < -0.39 is 0 Å². The van der Waals surface area contributed by atoms with E-state index in [9.17, 15) is 0 Å². The number of rotatable bonds is 2. The Labute approximate surface area is 111 Å². The summed E-state index contributed by atoms with van der Waals surface area (Å²) in [7, 11) is 1.61. The van der Waals surface area contributed by atoms with Crippen molar-refractivity contribution in [2.75, 3.05) is 12.8 Å². The van der Waals surface area contributed by atoms with E-state index in [0.717, 1.165) is 16.7 Å². The highest BCUT2D eigenvalue weighted by Gasteiger charge is 2.16. The third-order valence-corrected chi connectivity index (χ3v) is 3.35. The molecule has 1 aromatic carbocycles. The summed E-state index contributed by atoms with van der Waals surface area (Å²) in [5.74, 6) is 1.63. The number of anilines is 1. The molecule has 0 aliphatic rings. The monoisotopic (exact) mass is 263 g/mol. The molecule has 0 bridgehead atoms. The lowest BCUT2D eigenvalue weighted by atomic mass is 10.0. The van der Waals surface area contributed by atoms with Crippen LogP contribution in [-0.4, -0.2) is 17.1 Å². The number of nitrogen functional groups attached to an aromatic ring is 1. The first-order chi connectivity index (χ1) is 8.54. The van der Waals surface area contributed by atoms with Gasteiger partial charge in [-0.1, -0.05) is 11.6 Å². The van der Waals surface area contributed by atoms with Crippen LogP contribution in [0.4, 0.5) is 5.82 Å². The van der Waals surface area contributed by atoms with Gasteiger partial charge in [-0.3, -0.25) is 0 Å². The summed E-state index contributed by atoms with van der Waals surface area (Å²) in [5, 5.41) is 0.692. The molecule has 2 rings (SSSR count). The molecule has 0 amide bonds. The largest absolute Gasteiger partial charge is 0.496 e. The van der Waals surface area contributed by atoms with Crippen molar-refractivity contribution in [3.05, 3.63) is 34.5 Å². The number of benzene rings is 1. The molecule has 0 saturated carbocycles. The molecule has 0 unspecified atom stereocenters. The lowest BCUT2D eigenvalue weighted by molar-refractivity contribution is 0.415. The molecule has 2 N–H and O–H groups in total. The Kier molecular flexibility index (Phi) is 3.39. The van der Waals surface area contributed by atoms with E-state index in [0.29, 0.717) is 22.4 Å². The average molecular weight is 264 g/mol. The Morgan fingerprint density at radius 2 is 2.06 bits per heavy atom. The molecule has 0 aliphatic carbocycles. The van der Waals surface area contributed by atoms with Gasteiger partial charge in [0, 0.05) is 11.2 Å². The van der Waals surface area contributed by atoms with Crippen molar-refractivity contribution in [3.8, 4) is 17.1 Å². The molecule has 94 valence electrons. The predicted octanol–water partition coefficient (Wildman–Crippen LogP) is 3.00. The van der Waals surface area contributed by atoms with Crippen LogP contribution in [0.5, 0.6) is 5.75 Å². The third-order valence-electron chi connectivity index (χ3n) is 2.77. The molecule has 5 heteroatoms. The zero-order valence-corrected chi connectivity index (χ0v) is 11.2. The van der Waals surface area contributed by atoms with Gasteiger partial charge in [-0.2, -0.15) is 0 Å². The summed E-state index contributed by atoms with van der Waals surface area (Å²) >= 11 is 6.26. The molecule has 0 radical (unpaired) electrons. The number of aryl methyl sites for hydroxylation is 1. The molecule has 0 fully saturated rings. The highest BCUT2D eigenvalue weighted by molar-refractivity contribution is 6.32. The van der Waals surface area contributed by atoms with Gasteiger partial charge in [0.1, 0.15) is 11.6 Å². The van der Waals surface area contributed by atoms with Gasteiger partial charge >= 0.3 is 0 Å². The summed E-state index contributed by atoms with van der Waals surface area (Å²) in [5.41, 5.74) is 8.30. The van der Waals surface area contributed by atoms with Crippen LogP contribution in [0.1, 0.15) is 11.1 Å². The summed E-state index contributed by atoms with van der Waals surface area (Å²) in [6.07, 6.45) is 1.62. The van der Waals surface area contributed by atoms with E-state index in [-0.39, 0.29) is 0 Å². The second-order valence-electron chi connectivity index (χ2n) is 4.01. The summed E-state index contributed by atoms with van der Waals surface area (Å²) < 4.78 is 5.38. The van der Waals surface area contributed by atoms with Crippen LogP contribution in [0, 0.1) is 13.8 Å². The molecule has 0 aliphatic heterocycles. The van der Waals surface area contributed by atoms with Crippen molar-refractivity contribution >= 4 is 17.4 Å². The first-order valence-electron chi connectivity index (χ1n) is 5.47. The van der Waals surface area contributed by atoms with Crippen molar-refractivity contribution in [3.63, 3.8) is 0 Å². The fourth-order valence-corrected chi connectivity index (χ4v) is 2.00. The number of halogens is 1. The lowest BCUT2D eigenvalue weighted by Crippen LogP contribution is -2.00. The van der Waals surface area contributed by atoms with Crippen molar-refractivity contribution < 1.29 is 4.74 Å². The van der Waals surface area contributed by atoms with Gasteiger partial charge < -0.3 is 10.5 Å². The average Bonchev–Trinajstić information content (AvgIpc) is 2.35. The second kappa shape index (κ2) is 4.82. The Balaban J connectivity index is 2.73. The van der Waals surface area contributed by atoms with Crippen LogP contribution in [0.3, 0.4) is 0 Å². The minimum absolute atomic E-state index is 0.415. The Morgan fingerprint density at radius 3 is 2.67 bits per heavy atom. The number of ether oxygens (including phenoxy) is 1. The van der Waals surface area contributed by atoms with Gasteiger partial charge in [-0.25, -0.2) is 9.97 Å². The van der Waals surface area contributed by atoms with Crippen molar-refractivity contribution in [2.24, 2.45) is 0 Å². The van der Waals surface area contributed by atoms with Gasteiger partial charge in [0.05, 0.1) is 12.7 Å². The van der Waals surface area contributed by atoms with Gasteiger partial charge in [-0.05, 0) is 37.1 Å². The maximum absolute atomic E-state index is 6.26. The fourth-order valence-electron chi connectivity index (χ4n) is 1.85. The summed E-state index contributed by atoms with van der Waals surface area (Å²) in [6, 6.07) is 3.51. The number of nitrogens with zero attached hydrogens (tertiary/aromatic N) is 2. The quantitative estimate of drug-likeness (QED) is 0.905. The van der Waals surface area contributed by atoms with E-state index in [1.807, 2.05) is 19.9 Å². The molecule has 4 nitrogen and oxygen atoms in total.